The zero-order chi connectivity index (χ0) is 23.3. The zero-order valence-electron chi connectivity index (χ0n) is 18.9. The number of anilines is 3. The summed E-state index contributed by atoms with van der Waals surface area (Å²) in [6.45, 7) is 5.75. The summed E-state index contributed by atoms with van der Waals surface area (Å²) in [7, 11) is 1.62. The number of benzene rings is 2. The molecule has 5 rings (SSSR count). The van der Waals surface area contributed by atoms with E-state index >= 15 is 0 Å². The highest BCUT2D eigenvalue weighted by atomic mass is 16.5. The molecule has 168 valence electrons. The number of methoxy groups -OCH3 is 1. The molecule has 4 N–H and O–H groups in total. The molecule has 0 bridgehead atoms. The van der Waals surface area contributed by atoms with E-state index in [1.54, 1.807) is 24.0 Å². The normalized spacial score (nSPS) is 15.2. The van der Waals surface area contributed by atoms with Gasteiger partial charge in [-0.25, -0.2) is 4.52 Å². The summed E-state index contributed by atoms with van der Waals surface area (Å²) in [4.78, 5) is 21.5. The van der Waals surface area contributed by atoms with Gasteiger partial charge in [0, 0.05) is 35.4 Å². The molecule has 4 aromatic rings. The average Bonchev–Trinajstić information content (AvgIpc) is 3.30. The Labute approximate surface area is 191 Å². The minimum atomic E-state index is -0.551. The number of amides is 1. The SMILES string of the molecule is COc1ccc([C@H](C)N)cc1-c1nccn2nc(Nc3ccc4c(c3)NC(=O)C4(C)C)nc12. The van der Waals surface area contributed by atoms with Crippen LogP contribution in [-0.2, 0) is 10.2 Å². The summed E-state index contributed by atoms with van der Waals surface area (Å²) in [5.41, 5.74) is 11.0. The van der Waals surface area contributed by atoms with Gasteiger partial charge >= 0.3 is 0 Å². The fourth-order valence-corrected chi connectivity index (χ4v) is 4.05. The van der Waals surface area contributed by atoms with Crippen molar-refractivity contribution in [2.45, 2.75) is 32.2 Å². The summed E-state index contributed by atoms with van der Waals surface area (Å²) in [5, 5.41) is 10.7. The number of rotatable bonds is 5. The number of hydrogen-bond acceptors (Lipinski definition) is 7. The van der Waals surface area contributed by atoms with Gasteiger partial charge in [-0.05, 0) is 56.2 Å². The highest BCUT2D eigenvalue weighted by Crippen LogP contribution is 2.39. The van der Waals surface area contributed by atoms with Crippen molar-refractivity contribution in [3.8, 4) is 17.0 Å². The molecule has 1 aliphatic rings. The number of carbonyl (C=O) groups excluding carboxylic acids is 1. The van der Waals surface area contributed by atoms with Crippen molar-refractivity contribution < 1.29 is 9.53 Å². The first kappa shape index (κ1) is 20.9. The van der Waals surface area contributed by atoms with Crippen molar-refractivity contribution >= 4 is 28.9 Å². The van der Waals surface area contributed by atoms with E-state index < -0.39 is 5.41 Å². The predicted molar refractivity (Wildman–Crippen MR) is 127 cm³/mol. The van der Waals surface area contributed by atoms with Crippen molar-refractivity contribution in [2.75, 3.05) is 17.7 Å². The third-order valence-electron chi connectivity index (χ3n) is 6.02. The number of carbonyl (C=O) groups is 1. The highest BCUT2D eigenvalue weighted by molar-refractivity contribution is 6.06. The van der Waals surface area contributed by atoms with Gasteiger partial charge in [0.05, 0.1) is 12.5 Å². The van der Waals surface area contributed by atoms with Crippen LogP contribution in [0, 0.1) is 0 Å². The molecule has 0 fully saturated rings. The number of nitrogens with zero attached hydrogens (tertiary/aromatic N) is 4. The first-order chi connectivity index (χ1) is 15.8. The Morgan fingerprint density at radius 1 is 1.21 bits per heavy atom. The van der Waals surface area contributed by atoms with Crippen LogP contribution in [0.15, 0.2) is 48.8 Å². The number of nitrogens with one attached hydrogen (secondary N) is 2. The van der Waals surface area contributed by atoms with Crippen LogP contribution in [0.1, 0.15) is 37.9 Å². The van der Waals surface area contributed by atoms with Gasteiger partial charge in [0.15, 0.2) is 5.65 Å². The number of nitrogens with two attached hydrogens (primary N) is 1. The molecule has 3 heterocycles. The summed E-state index contributed by atoms with van der Waals surface area (Å²) in [5.74, 6) is 1.07. The monoisotopic (exact) mass is 443 g/mol. The van der Waals surface area contributed by atoms with Gasteiger partial charge in [0.25, 0.3) is 0 Å². The Hall–Kier alpha value is -3.98. The van der Waals surface area contributed by atoms with Gasteiger partial charge in [-0.2, -0.15) is 4.98 Å². The second kappa shape index (κ2) is 7.56. The summed E-state index contributed by atoms with van der Waals surface area (Å²) >= 11 is 0. The molecule has 33 heavy (non-hydrogen) atoms. The molecule has 1 atom stereocenters. The van der Waals surface area contributed by atoms with E-state index in [1.807, 2.05) is 57.2 Å². The van der Waals surface area contributed by atoms with Gasteiger partial charge in [-0.15, -0.1) is 5.10 Å². The van der Waals surface area contributed by atoms with Crippen LogP contribution in [0.2, 0.25) is 0 Å². The maximum absolute atomic E-state index is 12.2. The van der Waals surface area contributed by atoms with E-state index in [2.05, 4.69) is 25.7 Å². The molecular weight excluding hydrogens is 418 g/mol. The third kappa shape index (κ3) is 3.46. The highest BCUT2D eigenvalue weighted by Gasteiger charge is 2.38. The first-order valence-electron chi connectivity index (χ1n) is 10.7. The molecule has 0 unspecified atom stereocenters. The molecule has 2 aromatic heterocycles. The molecule has 0 spiro atoms. The van der Waals surface area contributed by atoms with E-state index in [4.69, 9.17) is 10.5 Å². The first-order valence-corrected chi connectivity index (χ1v) is 10.7. The lowest BCUT2D eigenvalue weighted by molar-refractivity contribution is -0.119. The maximum Gasteiger partial charge on any atom is 0.247 e. The van der Waals surface area contributed by atoms with Crippen LogP contribution in [0.25, 0.3) is 16.9 Å². The maximum atomic E-state index is 12.2. The minimum absolute atomic E-state index is 0.0146. The van der Waals surface area contributed by atoms with E-state index in [9.17, 15) is 4.79 Å². The third-order valence-corrected chi connectivity index (χ3v) is 6.02. The molecule has 0 saturated heterocycles. The van der Waals surface area contributed by atoms with Gasteiger partial charge in [0.1, 0.15) is 11.4 Å². The Balaban J connectivity index is 1.53. The average molecular weight is 444 g/mol. The van der Waals surface area contributed by atoms with Crippen LogP contribution in [0.3, 0.4) is 0 Å². The number of ether oxygens (including phenoxy) is 1. The fourth-order valence-electron chi connectivity index (χ4n) is 4.05. The van der Waals surface area contributed by atoms with Gasteiger partial charge in [-0.1, -0.05) is 12.1 Å². The van der Waals surface area contributed by atoms with Crippen molar-refractivity contribution in [3.63, 3.8) is 0 Å². The lowest BCUT2D eigenvalue weighted by Crippen LogP contribution is -2.26. The summed E-state index contributed by atoms with van der Waals surface area (Å²) in [6.07, 6.45) is 3.41. The number of hydrogen-bond donors (Lipinski definition) is 3. The van der Waals surface area contributed by atoms with Crippen molar-refractivity contribution in [1.29, 1.82) is 0 Å². The van der Waals surface area contributed by atoms with E-state index in [0.717, 1.165) is 28.1 Å². The second-order valence-electron chi connectivity index (χ2n) is 8.69. The molecule has 1 amide bonds. The largest absolute Gasteiger partial charge is 0.496 e. The molecule has 0 aliphatic carbocycles. The molecule has 9 heteroatoms. The van der Waals surface area contributed by atoms with E-state index in [-0.39, 0.29) is 11.9 Å². The van der Waals surface area contributed by atoms with Crippen molar-refractivity contribution in [1.82, 2.24) is 19.6 Å². The van der Waals surface area contributed by atoms with Crippen LogP contribution >= 0.6 is 0 Å². The van der Waals surface area contributed by atoms with Crippen LogP contribution in [0.4, 0.5) is 17.3 Å². The Bertz CT molecular complexity index is 1390. The lowest BCUT2D eigenvalue weighted by atomic mass is 9.86. The van der Waals surface area contributed by atoms with E-state index in [0.29, 0.717) is 23.0 Å². The zero-order valence-corrected chi connectivity index (χ0v) is 18.9. The van der Waals surface area contributed by atoms with Crippen molar-refractivity contribution in [3.05, 3.63) is 59.9 Å². The summed E-state index contributed by atoms with van der Waals surface area (Å²) < 4.78 is 7.23. The molecule has 2 aromatic carbocycles. The van der Waals surface area contributed by atoms with Crippen LogP contribution < -0.4 is 21.1 Å². The molecule has 0 radical (unpaired) electrons. The van der Waals surface area contributed by atoms with Crippen LogP contribution in [-0.4, -0.2) is 32.6 Å². The number of aromatic nitrogens is 4. The summed E-state index contributed by atoms with van der Waals surface area (Å²) in [6, 6.07) is 11.4. The Morgan fingerprint density at radius 2 is 2.03 bits per heavy atom. The Kier molecular flexibility index (Phi) is 4.79. The van der Waals surface area contributed by atoms with Gasteiger partial charge in [-0.3, -0.25) is 9.78 Å². The number of fused-ring (bicyclic) bond motifs is 2. The standard InChI is InChI=1S/C24H25N7O2/c1-13(25)14-5-8-19(33-4)16(11-14)20-21-29-23(30-31(21)10-9-26-20)27-15-6-7-17-18(12-15)28-22(32)24(17,2)3/h5-13H,25H2,1-4H3,(H,27,30)(H,28,32)/t13-/m0/s1. The molecule has 9 nitrogen and oxygen atoms in total. The predicted octanol–water partition coefficient (Wildman–Crippen LogP) is 3.79. The Morgan fingerprint density at radius 3 is 2.79 bits per heavy atom. The van der Waals surface area contributed by atoms with Crippen LogP contribution in [0.5, 0.6) is 5.75 Å². The van der Waals surface area contributed by atoms with Crippen molar-refractivity contribution in [2.24, 2.45) is 5.73 Å². The lowest BCUT2D eigenvalue weighted by Gasteiger charge is -2.14. The minimum Gasteiger partial charge on any atom is -0.496 e. The fraction of sp³-hybridized carbons (Fsp3) is 0.250. The smallest absolute Gasteiger partial charge is 0.247 e. The molecule has 0 saturated carbocycles. The topological polar surface area (TPSA) is 119 Å². The molecule has 1 aliphatic heterocycles. The second-order valence-corrected chi connectivity index (χ2v) is 8.69. The quantitative estimate of drug-likeness (QED) is 0.429. The molecular formula is C24H25N7O2. The van der Waals surface area contributed by atoms with E-state index in [1.165, 1.54) is 0 Å². The van der Waals surface area contributed by atoms with Gasteiger partial charge < -0.3 is 21.1 Å². The van der Waals surface area contributed by atoms with Gasteiger partial charge in [0.2, 0.25) is 11.9 Å².